The summed E-state index contributed by atoms with van der Waals surface area (Å²) in [4.78, 5) is 22.7. The molecule has 0 bridgehead atoms. The van der Waals surface area contributed by atoms with E-state index in [0.717, 1.165) is 6.21 Å². The minimum absolute atomic E-state index is 0.0117. The van der Waals surface area contributed by atoms with Crippen molar-refractivity contribution in [1.82, 2.24) is 14.8 Å². The molecule has 0 spiro atoms. The smallest absolute Gasteiger partial charge is 0.362 e. The Kier molecular flexibility index (Phi) is 4.59. The average molecular weight is 363 g/mol. The second kappa shape index (κ2) is 6.10. The third kappa shape index (κ3) is 3.08. The predicted molar refractivity (Wildman–Crippen MR) is 78.5 cm³/mol. The van der Waals surface area contributed by atoms with Crippen molar-refractivity contribution < 1.29 is 28.0 Å². The quantitative estimate of drug-likeness (QED) is 0.643. The molecule has 1 amide bonds. The van der Waals surface area contributed by atoms with Gasteiger partial charge in [-0.15, -0.1) is 0 Å². The zero-order valence-electron chi connectivity index (χ0n) is 13.6. The molecule has 1 aromatic rings. The molecule has 1 aromatic heterocycles. The number of aliphatic hydroxyl groups is 1. The zero-order valence-corrected chi connectivity index (χ0v) is 13.6. The number of alkyl halides is 3. The van der Waals surface area contributed by atoms with Gasteiger partial charge >= 0.3 is 11.9 Å². The van der Waals surface area contributed by atoms with Crippen LogP contribution >= 0.6 is 0 Å². The Hall–Kier alpha value is -2.50. The second-order valence-electron chi connectivity index (χ2n) is 5.83. The normalized spacial score (nSPS) is 21.6. The Morgan fingerprint density at radius 3 is 2.60 bits per heavy atom. The monoisotopic (exact) mass is 363 g/mol. The van der Waals surface area contributed by atoms with E-state index in [2.05, 4.69) is 10.2 Å². The molecule has 1 aliphatic rings. The summed E-state index contributed by atoms with van der Waals surface area (Å²) in [6, 6.07) is 0. The summed E-state index contributed by atoms with van der Waals surface area (Å²) in [5, 5.41) is 28.1. The van der Waals surface area contributed by atoms with Crippen LogP contribution in [-0.2, 0) is 11.3 Å². The topological polar surface area (TPSA) is 114 Å². The van der Waals surface area contributed by atoms with Gasteiger partial charge in [-0.05, 0) is 13.8 Å². The highest BCUT2D eigenvalue weighted by molar-refractivity contribution is 5.82. The van der Waals surface area contributed by atoms with E-state index < -0.39 is 35.1 Å². The molecule has 0 radical (unpaired) electrons. The number of hydrogen-bond acceptors (Lipinski definition) is 6. The van der Waals surface area contributed by atoms with Crippen molar-refractivity contribution in [2.45, 2.75) is 45.6 Å². The molecule has 1 N–H and O–H groups in total. The number of halogens is 3. The summed E-state index contributed by atoms with van der Waals surface area (Å²) in [6.07, 6.45) is -5.12. The van der Waals surface area contributed by atoms with E-state index in [1.54, 1.807) is 0 Å². The van der Waals surface area contributed by atoms with Gasteiger partial charge in [-0.3, -0.25) is 19.6 Å². The van der Waals surface area contributed by atoms with Gasteiger partial charge < -0.3 is 5.11 Å². The van der Waals surface area contributed by atoms with Gasteiger partial charge in [-0.1, -0.05) is 6.92 Å². The van der Waals surface area contributed by atoms with Gasteiger partial charge in [0.1, 0.15) is 11.4 Å². The number of carbonyl (C=O) groups excluding carboxylic acids is 1. The molecular formula is C13H16F3N5O4. The predicted octanol–water partition coefficient (Wildman–Crippen LogP) is 1.51. The van der Waals surface area contributed by atoms with E-state index in [0.29, 0.717) is 0 Å². The molecule has 2 unspecified atom stereocenters. The Morgan fingerprint density at radius 1 is 1.52 bits per heavy atom. The van der Waals surface area contributed by atoms with Crippen LogP contribution in [0.1, 0.15) is 24.7 Å². The van der Waals surface area contributed by atoms with Crippen molar-refractivity contribution in [3.63, 3.8) is 0 Å². The van der Waals surface area contributed by atoms with Gasteiger partial charge in [0.25, 0.3) is 5.72 Å². The Balaban J connectivity index is 2.23. The molecule has 2 heterocycles. The minimum Gasteiger partial charge on any atom is -0.362 e. The van der Waals surface area contributed by atoms with Crippen LogP contribution in [0.15, 0.2) is 5.10 Å². The SMILES string of the molecule is Cc1nn(CC(C)C(=O)N2N=CCC2(O)C(F)(F)F)c(C)c1[N+](=O)[O-]. The van der Waals surface area contributed by atoms with Gasteiger partial charge in [-0.25, -0.2) is 0 Å². The first-order valence-electron chi connectivity index (χ1n) is 7.24. The molecule has 25 heavy (non-hydrogen) atoms. The maximum absolute atomic E-state index is 13.0. The Morgan fingerprint density at radius 2 is 2.12 bits per heavy atom. The number of hydrogen-bond donors (Lipinski definition) is 1. The molecule has 2 rings (SSSR count). The maximum atomic E-state index is 13.0. The highest BCUT2D eigenvalue weighted by atomic mass is 19.4. The molecule has 138 valence electrons. The lowest BCUT2D eigenvalue weighted by Crippen LogP contribution is -2.57. The lowest BCUT2D eigenvalue weighted by molar-refractivity contribution is -0.386. The Labute approximate surface area is 139 Å². The van der Waals surface area contributed by atoms with Crippen molar-refractivity contribution in [1.29, 1.82) is 0 Å². The van der Waals surface area contributed by atoms with Crippen molar-refractivity contribution in [3.05, 3.63) is 21.5 Å². The molecule has 1 aliphatic heterocycles. The van der Waals surface area contributed by atoms with Crippen LogP contribution in [0.4, 0.5) is 18.9 Å². The van der Waals surface area contributed by atoms with E-state index in [1.807, 2.05) is 0 Å². The van der Waals surface area contributed by atoms with Gasteiger partial charge in [0.2, 0.25) is 5.91 Å². The summed E-state index contributed by atoms with van der Waals surface area (Å²) in [7, 11) is 0. The van der Waals surface area contributed by atoms with Crippen molar-refractivity contribution in [3.8, 4) is 0 Å². The largest absolute Gasteiger partial charge is 0.438 e. The van der Waals surface area contributed by atoms with Crippen LogP contribution in [-0.4, -0.2) is 48.8 Å². The molecular weight excluding hydrogens is 347 g/mol. The number of amides is 1. The molecule has 0 fully saturated rings. The summed E-state index contributed by atoms with van der Waals surface area (Å²) in [5.74, 6) is -2.12. The summed E-state index contributed by atoms with van der Waals surface area (Å²) >= 11 is 0. The molecule has 0 saturated carbocycles. The Bertz CT molecular complexity index is 745. The van der Waals surface area contributed by atoms with E-state index in [1.165, 1.54) is 25.5 Å². The summed E-state index contributed by atoms with van der Waals surface area (Å²) in [5.41, 5.74) is -3.30. The zero-order chi connectivity index (χ0) is 19.2. The van der Waals surface area contributed by atoms with Crippen LogP contribution in [0.2, 0.25) is 0 Å². The van der Waals surface area contributed by atoms with E-state index in [-0.39, 0.29) is 28.6 Å². The van der Waals surface area contributed by atoms with Crippen LogP contribution in [0.3, 0.4) is 0 Å². The summed E-state index contributed by atoms with van der Waals surface area (Å²) in [6.45, 7) is 3.98. The molecule has 9 nitrogen and oxygen atoms in total. The van der Waals surface area contributed by atoms with Crippen LogP contribution in [0, 0.1) is 29.9 Å². The third-order valence-electron chi connectivity index (χ3n) is 3.98. The number of nitrogens with zero attached hydrogens (tertiary/aromatic N) is 5. The van der Waals surface area contributed by atoms with Crippen LogP contribution in [0.25, 0.3) is 0 Å². The van der Waals surface area contributed by atoms with E-state index >= 15 is 0 Å². The van der Waals surface area contributed by atoms with Crippen molar-refractivity contribution in [2.75, 3.05) is 0 Å². The van der Waals surface area contributed by atoms with Crippen molar-refractivity contribution >= 4 is 17.8 Å². The maximum Gasteiger partial charge on any atom is 0.438 e. The number of aromatic nitrogens is 2. The first-order valence-corrected chi connectivity index (χ1v) is 7.24. The number of nitro groups is 1. The fourth-order valence-electron chi connectivity index (χ4n) is 2.58. The molecule has 0 aromatic carbocycles. The number of carbonyl (C=O) groups is 1. The number of aryl methyl sites for hydroxylation is 1. The summed E-state index contributed by atoms with van der Waals surface area (Å²) < 4.78 is 40.3. The number of rotatable bonds is 4. The van der Waals surface area contributed by atoms with Crippen LogP contribution < -0.4 is 0 Å². The highest BCUT2D eigenvalue weighted by Gasteiger charge is 2.61. The standard InChI is InChI=1S/C13H16F3N5O4/c1-7(6-19-9(3)10(21(24)25)8(2)18-19)11(22)20-12(23,4-5-17-20)13(14,15)16/h5,7,23H,4,6H2,1-3H3. The lowest BCUT2D eigenvalue weighted by Gasteiger charge is -2.33. The van der Waals surface area contributed by atoms with Gasteiger partial charge in [0.05, 0.1) is 17.4 Å². The number of hydrazone groups is 1. The fourth-order valence-corrected chi connectivity index (χ4v) is 2.58. The third-order valence-corrected chi connectivity index (χ3v) is 3.98. The van der Waals surface area contributed by atoms with Gasteiger partial charge in [0.15, 0.2) is 0 Å². The van der Waals surface area contributed by atoms with E-state index in [9.17, 15) is 33.2 Å². The average Bonchev–Trinajstić information content (AvgIpc) is 2.99. The first-order chi connectivity index (χ1) is 11.4. The molecule has 0 saturated heterocycles. The highest BCUT2D eigenvalue weighted by Crippen LogP contribution is 2.39. The molecule has 12 heteroatoms. The van der Waals surface area contributed by atoms with Crippen molar-refractivity contribution in [2.24, 2.45) is 11.0 Å². The van der Waals surface area contributed by atoms with E-state index in [4.69, 9.17) is 0 Å². The fraction of sp³-hybridized carbons (Fsp3) is 0.615. The lowest BCUT2D eigenvalue weighted by atomic mass is 10.1. The molecule has 0 aliphatic carbocycles. The van der Waals surface area contributed by atoms with Gasteiger partial charge in [0, 0.05) is 12.6 Å². The minimum atomic E-state index is -5.07. The first kappa shape index (κ1) is 18.8. The molecule has 2 atom stereocenters. The van der Waals surface area contributed by atoms with Gasteiger partial charge in [-0.2, -0.15) is 28.4 Å². The second-order valence-corrected chi connectivity index (χ2v) is 5.83. The van der Waals surface area contributed by atoms with Crippen LogP contribution in [0.5, 0.6) is 0 Å².